The molecule has 8 nitrogen and oxygen atoms in total. The van der Waals surface area contributed by atoms with E-state index in [9.17, 15) is 23.1 Å². The highest BCUT2D eigenvalue weighted by Gasteiger charge is 2.45. The van der Waals surface area contributed by atoms with Crippen LogP contribution in [0.25, 0.3) is 10.8 Å². The molecule has 6 rings (SSSR count). The Hall–Kier alpha value is -4.42. The molecule has 0 radical (unpaired) electrons. The van der Waals surface area contributed by atoms with Crippen molar-refractivity contribution in [3.63, 3.8) is 0 Å². The second kappa shape index (κ2) is 10.8. The molecule has 2 N–H and O–H groups in total. The zero-order valence-electron chi connectivity index (χ0n) is 22.4. The molecule has 0 fully saturated rings. The van der Waals surface area contributed by atoms with Gasteiger partial charge in [0, 0.05) is 30.0 Å². The Kier molecular flexibility index (Phi) is 7.11. The van der Waals surface area contributed by atoms with E-state index in [-0.39, 0.29) is 36.3 Å². The van der Waals surface area contributed by atoms with Crippen molar-refractivity contribution in [1.29, 1.82) is 0 Å². The molecule has 1 aliphatic heterocycles. The number of aromatic amines is 1. The number of hydrogen-bond donors (Lipinski definition) is 2. The molecule has 0 saturated carbocycles. The first-order valence-electron chi connectivity index (χ1n) is 13.4. The van der Waals surface area contributed by atoms with Crippen LogP contribution in [-0.4, -0.2) is 41.5 Å². The van der Waals surface area contributed by atoms with Crippen molar-refractivity contribution in [3.05, 3.63) is 123 Å². The van der Waals surface area contributed by atoms with Crippen LogP contribution in [-0.2, 0) is 19.0 Å². The molecule has 5 aromatic rings. The predicted octanol–water partition coefficient (Wildman–Crippen LogP) is 5.11. The van der Waals surface area contributed by atoms with Gasteiger partial charge in [-0.25, -0.2) is 9.49 Å². The molecule has 0 amide bonds. The van der Waals surface area contributed by atoms with Crippen LogP contribution in [0.2, 0.25) is 0 Å². The number of aliphatic hydroxyl groups is 1. The van der Waals surface area contributed by atoms with E-state index >= 15 is 4.39 Å². The van der Waals surface area contributed by atoms with Crippen molar-refractivity contribution in [1.82, 2.24) is 29.9 Å². The van der Waals surface area contributed by atoms with Gasteiger partial charge in [-0.05, 0) is 42.7 Å². The minimum Gasteiger partial charge on any atom is -0.374 e. The number of hydrogen-bond acceptors (Lipinski definition) is 6. The SMILES string of the molecule is CC1CN(C(O)c2cc(Cc3n[nH]c(=O)c4ccccc34)ccc2F)C(Cc2ccccc2)c2nnc(C(F)(F)F)n21. The molecule has 3 aromatic carbocycles. The van der Waals surface area contributed by atoms with E-state index in [1.54, 1.807) is 42.2 Å². The van der Waals surface area contributed by atoms with Crippen molar-refractivity contribution in [2.75, 3.05) is 6.54 Å². The maximum atomic E-state index is 15.3. The number of alkyl halides is 3. The lowest BCUT2D eigenvalue weighted by Gasteiger charge is -2.42. The summed E-state index contributed by atoms with van der Waals surface area (Å²) in [6, 6.07) is 18.9. The third-order valence-electron chi connectivity index (χ3n) is 7.66. The van der Waals surface area contributed by atoms with Gasteiger partial charge in [0.1, 0.15) is 12.0 Å². The molecule has 2 aromatic heterocycles. The fraction of sp³-hybridized carbons (Fsp3) is 0.267. The van der Waals surface area contributed by atoms with E-state index < -0.39 is 36.1 Å². The third-order valence-corrected chi connectivity index (χ3v) is 7.66. The van der Waals surface area contributed by atoms with Gasteiger partial charge in [-0.3, -0.25) is 9.69 Å². The van der Waals surface area contributed by atoms with Crippen LogP contribution in [0.5, 0.6) is 0 Å². The number of aromatic nitrogens is 5. The van der Waals surface area contributed by atoms with E-state index in [1.807, 2.05) is 30.3 Å². The first-order valence-corrected chi connectivity index (χ1v) is 13.4. The summed E-state index contributed by atoms with van der Waals surface area (Å²) in [5.74, 6) is -1.73. The number of rotatable bonds is 6. The van der Waals surface area contributed by atoms with Crippen molar-refractivity contribution in [2.45, 2.75) is 44.3 Å². The summed E-state index contributed by atoms with van der Waals surface area (Å²) >= 11 is 0. The van der Waals surface area contributed by atoms with Crippen molar-refractivity contribution < 1.29 is 22.7 Å². The van der Waals surface area contributed by atoms with Crippen LogP contribution >= 0.6 is 0 Å². The normalized spacial score (nSPS) is 18.2. The number of benzene rings is 3. The maximum Gasteiger partial charge on any atom is 0.451 e. The smallest absolute Gasteiger partial charge is 0.374 e. The molecule has 1 aliphatic rings. The molecule has 0 saturated heterocycles. The minimum absolute atomic E-state index is 0.0113. The summed E-state index contributed by atoms with van der Waals surface area (Å²) in [6.07, 6.45) is -5.75. The number of fused-ring (bicyclic) bond motifs is 2. The van der Waals surface area contributed by atoms with Gasteiger partial charge in [-0.15, -0.1) is 10.2 Å². The summed E-state index contributed by atoms with van der Waals surface area (Å²) in [5.41, 5.74) is 1.65. The summed E-state index contributed by atoms with van der Waals surface area (Å²) in [4.78, 5) is 13.8. The number of H-pyrrole nitrogens is 1. The van der Waals surface area contributed by atoms with Crippen LogP contribution in [0.3, 0.4) is 0 Å². The van der Waals surface area contributed by atoms with Gasteiger partial charge in [0.05, 0.1) is 17.1 Å². The van der Waals surface area contributed by atoms with Crippen LogP contribution in [0.1, 0.15) is 59.3 Å². The molecule has 216 valence electrons. The van der Waals surface area contributed by atoms with E-state index in [0.717, 1.165) is 10.1 Å². The lowest BCUT2D eigenvalue weighted by Crippen LogP contribution is -2.44. The highest BCUT2D eigenvalue weighted by atomic mass is 19.4. The Balaban J connectivity index is 1.38. The van der Waals surface area contributed by atoms with Crippen molar-refractivity contribution >= 4 is 10.8 Å². The number of nitrogens with zero attached hydrogens (tertiary/aromatic N) is 5. The summed E-state index contributed by atoms with van der Waals surface area (Å²) in [6.45, 7) is 1.57. The largest absolute Gasteiger partial charge is 0.451 e. The molecule has 3 unspecified atom stereocenters. The molecule has 0 spiro atoms. The number of aliphatic hydroxyl groups excluding tert-OH is 1. The van der Waals surface area contributed by atoms with Gasteiger partial charge in [-0.1, -0.05) is 54.6 Å². The van der Waals surface area contributed by atoms with Gasteiger partial charge in [0.2, 0.25) is 5.82 Å². The van der Waals surface area contributed by atoms with Crippen LogP contribution in [0.4, 0.5) is 17.6 Å². The molecule has 42 heavy (non-hydrogen) atoms. The Morgan fingerprint density at radius 2 is 1.71 bits per heavy atom. The van der Waals surface area contributed by atoms with Crippen LogP contribution < -0.4 is 5.56 Å². The zero-order chi connectivity index (χ0) is 29.6. The molecule has 3 atom stereocenters. The molecule has 0 bridgehead atoms. The number of nitrogens with one attached hydrogen (secondary N) is 1. The zero-order valence-corrected chi connectivity index (χ0v) is 22.4. The first kappa shape index (κ1) is 27.7. The van der Waals surface area contributed by atoms with Crippen LogP contribution in [0, 0.1) is 5.82 Å². The average Bonchev–Trinajstić information content (AvgIpc) is 3.44. The summed E-state index contributed by atoms with van der Waals surface area (Å²) in [5, 5.41) is 26.8. The lowest BCUT2D eigenvalue weighted by molar-refractivity contribution is -0.149. The monoisotopic (exact) mass is 578 g/mol. The summed E-state index contributed by atoms with van der Waals surface area (Å²) in [7, 11) is 0. The number of halogens is 4. The fourth-order valence-electron chi connectivity index (χ4n) is 5.72. The van der Waals surface area contributed by atoms with Gasteiger partial charge < -0.3 is 9.67 Å². The highest BCUT2D eigenvalue weighted by Crippen LogP contribution is 2.41. The highest BCUT2D eigenvalue weighted by molar-refractivity contribution is 5.83. The molecular formula is C30H26F4N6O2. The van der Waals surface area contributed by atoms with Gasteiger partial charge in [-0.2, -0.15) is 18.3 Å². The first-order chi connectivity index (χ1) is 20.1. The Morgan fingerprint density at radius 1 is 1.00 bits per heavy atom. The van der Waals surface area contributed by atoms with Gasteiger partial charge in [0.15, 0.2) is 5.82 Å². The van der Waals surface area contributed by atoms with E-state index in [0.29, 0.717) is 22.0 Å². The maximum absolute atomic E-state index is 15.3. The molecule has 0 aliphatic carbocycles. The average molecular weight is 579 g/mol. The fourth-order valence-corrected chi connectivity index (χ4v) is 5.72. The Bertz CT molecular complexity index is 1800. The van der Waals surface area contributed by atoms with Crippen LogP contribution in [0.15, 0.2) is 77.6 Å². The standard InChI is InChI=1S/C30H26F4N6O2/c1-17-16-39(25(15-18-7-3-2-4-8-18)26-36-38-29(40(17)26)30(32,33)34)28(42)22-13-19(11-12-23(22)31)14-24-20-9-5-6-10-21(20)27(41)37-35-24/h2-13,17,25,28,42H,14-16H2,1H3,(H,37,41). The summed E-state index contributed by atoms with van der Waals surface area (Å²) < 4.78 is 57.7. The molecule has 12 heteroatoms. The van der Waals surface area contributed by atoms with Gasteiger partial charge >= 0.3 is 6.18 Å². The molecule has 3 heterocycles. The lowest BCUT2D eigenvalue weighted by atomic mass is 9.97. The van der Waals surface area contributed by atoms with Crippen molar-refractivity contribution in [2.24, 2.45) is 0 Å². The predicted molar refractivity (Wildman–Crippen MR) is 146 cm³/mol. The quantitative estimate of drug-likeness (QED) is 0.272. The van der Waals surface area contributed by atoms with Crippen molar-refractivity contribution in [3.8, 4) is 0 Å². The topological polar surface area (TPSA) is 99.9 Å². The van der Waals surface area contributed by atoms with E-state index in [1.165, 1.54) is 12.1 Å². The van der Waals surface area contributed by atoms with E-state index in [2.05, 4.69) is 20.4 Å². The Morgan fingerprint density at radius 3 is 2.45 bits per heavy atom. The third kappa shape index (κ3) is 5.07. The second-order valence-corrected chi connectivity index (χ2v) is 10.5. The minimum atomic E-state index is -4.71. The Labute approximate surface area is 237 Å². The van der Waals surface area contributed by atoms with Gasteiger partial charge in [0.25, 0.3) is 5.56 Å². The van der Waals surface area contributed by atoms with E-state index in [4.69, 9.17) is 0 Å². The molecular weight excluding hydrogens is 552 g/mol. The second-order valence-electron chi connectivity index (χ2n) is 10.5.